The number of piperidine rings is 1. The summed E-state index contributed by atoms with van der Waals surface area (Å²) in [5.41, 5.74) is 5.68. The Balaban J connectivity index is 2.21. The van der Waals surface area contributed by atoms with Gasteiger partial charge in [-0.2, -0.15) is 0 Å². The lowest BCUT2D eigenvalue weighted by Gasteiger charge is -2.32. The van der Waals surface area contributed by atoms with Crippen molar-refractivity contribution in [2.45, 2.75) is 18.9 Å². The van der Waals surface area contributed by atoms with E-state index < -0.39 is 5.97 Å². The van der Waals surface area contributed by atoms with Crippen LogP contribution < -0.4 is 10.6 Å². The van der Waals surface area contributed by atoms with E-state index >= 15 is 0 Å². The summed E-state index contributed by atoms with van der Waals surface area (Å²) in [4.78, 5) is 21.6. The first-order valence-corrected chi connectivity index (χ1v) is 6.63. The summed E-state index contributed by atoms with van der Waals surface area (Å²) in [5.74, 6) is -0.141. The smallest absolute Gasteiger partial charge is 0.360 e. The molecule has 0 amide bonds. The molecule has 1 saturated heterocycles. The minimum atomic E-state index is -0.651. The van der Waals surface area contributed by atoms with Gasteiger partial charge in [-0.05, 0) is 12.8 Å². The first-order chi connectivity index (χ1) is 9.56. The van der Waals surface area contributed by atoms with Crippen LogP contribution in [0.15, 0.2) is 0 Å². The van der Waals surface area contributed by atoms with E-state index in [-0.39, 0.29) is 22.8 Å². The van der Waals surface area contributed by atoms with Crippen LogP contribution in [0.4, 0.5) is 11.6 Å². The van der Waals surface area contributed by atoms with Crippen LogP contribution in [0, 0.1) is 0 Å². The van der Waals surface area contributed by atoms with Crippen LogP contribution >= 0.6 is 11.6 Å². The molecule has 0 unspecified atom stereocenters. The van der Waals surface area contributed by atoms with Gasteiger partial charge in [-0.3, -0.25) is 0 Å². The maximum Gasteiger partial charge on any atom is 0.360 e. The van der Waals surface area contributed by atoms with Gasteiger partial charge in [0.1, 0.15) is 0 Å². The van der Waals surface area contributed by atoms with E-state index in [1.165, 1.54) is 7.11 Å². The molecule has 2 rings (SSSR count). The van der Waals surface area contributed by atoms with Crippen molar-refractivity contribution >= 4 is 29.2 Å². The molecule has 110 valence electrons. The molecule has 0 atom stereocenters. The molecule has 1 aliphatic rings. The van der Waals surface area contributed by atoms with Gasteiger partial charge in [0.2, 0.25) is 0 Å². The highest BCUT2D eigenvalue weighted by molar-refractivity contribution is 6.32. The van der Waals surface area contributed by atoms with Crippen molar-refractivity contribution in [1.29, 1.82) is 0 Å². The number of carbonyl (C=O) groups excluding carboxylic acids is 1. The third kappa shape index (κ3) is 2.94. The van der Waals surface area contributed by atoms with E-state index in [9.17, 15) is 4.79 Å². The number of ether oxygens (including phenoxy) is 2. The second-order valence-corrected chi connectivity index (χ2v) is 4.84. The van der Waals surface area contributed by atoms with Crippen LogP contribution in [0.2, 0.25) is 5.15 Å². The molecule has 0 saturated carbocycles. The summed E-state index contributed by atoms with van der Waals surface area (Å²) in [6.45, 7) is 1.51. The fraction of sp³-hybridized carbons (Fsp3) is 0.583. The molecule has 0 aliphatic carbocycles. The highest BCUT2D eigenvalue weighted by Crippen LogP contribution is 2.27. The predicted octanol–water partition coefficient (Wildman–Crippen LogP) is 1.11. The molecule has 20 heavy (non-hydrogen) atoms. The number of carbonyl (C=O) groups is 1. The first-order valence-electron chi connectivity index (χ1n) is 6.26. The number of esters is 1. The number of halogens is 1. The van der Waals surface area contributed by atoms with Gasteiger partial charge in [0.05, 0.1) is 13.2 Å². The standard InChI is InChI=1S/C12H17ClN4O3/c1-19-7-3-5-17(6-4-7)11-9(13)15-8(10(14)16-11)12(18)20-2/h7H,3-6H2,1-2H3,(H2,14,16). The molecular formula is C12H17ClN4O3. The molecule has 2 heterocycles. The SMILES string of the molecule is COC(=O)c1nc(Cl)c(N2CCC(OC)CC2)nc1N. The number of aromatic nitrogens is 2. The number of methoxy groups -OCH3 is 2. The molecule has 1 fully saturated rings. The molecule has 0 bridgehead atoms. The van der Waals surface area contributed by atoms with Crippen molar-refractivity contribution in [3.05, 3.63) is 10.8 Å². The zero-order chi connectivity index (χ0) is 14.7. The van der Waals surface area contributed by atoms with Crippen LogP contribution in [0.5, 0.6) is 0 Å². The van der Waals surface area contributed by atoms with Crippen molar-refractivity contribution in [2.24, 2.45) is 0 Å². The van der Waals surface area contributed by atoms with Crippen LogP contribution in [-0.2, 0) is 9.47 Å². The summed E-state index contributed by atoms with van der Waals surface area (Å²) in [6, 6.07) is 0. The number of hydrogen-bond donors (Lipinski definition) is 1. The minimum Gasteiger partial charge on any atom is -0.464 e. The lowest BCUT2D eigenvalue weighted by molar-refractivity contribution is 0.0595. The number of rotatable bonds is 3. The quantitative estimate of drug-likeness (QED) is 0.836. The van der Waals surface area contributed by atoms with Gasteiger partial charge >= 0.3 is 5.97 Å². The fourth-order valence-electron chi connectivity index (χ4n) is 2.17. The average Bonchev–Trinajstić information content (AvgIpc) is 2.48. The van der Waals surface area contributed by atoms with Crippen LogP contribution in [0.3, 0.4) is 0 Å². The normalized spacial score (nSPS) is 16.2. The molecule has 7 nitrogen and oxygen atoms in total. The van der Waals surface area contributed by atoms with Crippen LogP contribution in [0.1, 0.15) is 23.3 Å². The topological polar surface area (TPSA) is 90.6 Å². The van der Waals surface area contributed by atoms with E-state index in [0.29, 0.717) is 5.82 Å². The van der Waals surface area contributed by atoms with Crippen molar-refractivity contribution < 1.29 is 14.3 Å². The van der Waals surface area contributed by atoms with Gasteiger partial charge < -0.3 is 20.1 Å². The molecule has 1 aromatic heterocycles. The molecule has 0 aromatic carbocycles. The minimum absolute atomic E-state index is 0.0186. The average molecular weight is 301 g/mol. The first kappa shape index (κ1) is 14.8. The number of hydrogen-bond acceptors (Lipinski definition) is 7. The van der Waals surface area contributed by atoms with Gasteiger partial charge in [0.25, 0.3) is 0 Å². The number of anilines is 2. The van der Waals surface area contributed by atoms with Gasteiger partial charge in [-0.15, -0.1) is 0 Å². The summed E-state index contributed by atoms with van der Waals surface area (Å²) < 4.78 is 9.89. The van der Waals surface area contributed by atoms with Crippen molar-refractivity contribution in [3.63, 3.8) is 0 Å². The summed E-state index contributed by atoms with van der Waals surface area (Å²) in [5, 5.41) is 0.149. The third-order valence-electron chi connectivity index (χ3n) is 3.32. The Morgan fingerprint density at radius 1 is 1.35 bits per heavy atom. The Labute approximate surface area is 122 Å². The van der Waals surface area contributed by atoms with Crippen molar-refractivity contribution in [3.8, 4) is 0 Å². The lowest BCUT2D eigenvalue weighted by Crippen LogP contribution is -2.37. The lowest BCUT2D eigenvalue weighted by atomic mass is 10.1. The largest absolute Gasteiger partial charge is 0.464 e. The number of nitrogen functional groups attached to an aromatic ring is 1. The zero-order valence-electron chi connectivity index (χ0n) is 11.4. The maximum atomic E-state index is 11.5. The van der Waals surface area contributed by atoms with E-state index in [1.807, 2.05) is 4.90 Å². The van der Waals surface area contributed by atoms with Gasteiger partial charge in [-0.25, -0.2) is 14.8 Å². The molecule has 1 aliphatic heterocycles. The van der Waals surface area contributed by atoms with E-state index in [0.717, 1.165) is 25.9 Å². The van der Waals surface area contributed by atoms with E-state index in [1.54, 1.807) is 7.11 Å². The molecule has 0 spiro atoms. The van der Waals surface area contributed by atoms with Gasteiger partial charge in [0, 0.05) is 20.2 Å². The van der Waals surface area contributed by atoms with Crippen molar-refractivity contribution in [2.75, 3.05) is 37.9 Å². The Bertz CT molecular complexity index is 504. The monoisotopic (exact) mass is 300 g/mol. The highest BCUT2D eigenvalue weighted by Gasteiger charge is 2.24. The molecule has 1 aromatic rings. The molecule has 8 heteroatoms. The Hall–Kier alpha value is -1.60. The summed E-state index contributed by atoms with van der Waals surface area (Å²) in [7, 11) is 2.96. The van der Waals surface area contributed by atoms with Gasteiger partial charge in [0.15, 0.2) is 22.5 Å². The fourth-order valence-corrected chi connectivity index (χ4v) is 2.42. The van der Waals surface area contributed by atoms with Crippen LogP contribution in [0.25, 0.3) is 0 Å². The highest BCUT2D eigenvalue weighted by atomic mass is 35.5. The number of nitrogens with two attached hydrogens (primary N) is 1. The molecule has 2 N–H and O–H groups in total. The van der Waals surface area contributed by atoms with E-state index in [2.05, 4.69) is 14.7 Å². The molecular weight excluding hydrogens is 284 g/mol. The summed E-state index contributed by atoms with van der Waals surface area (Å²) in [6.07, 6.45) is 2.02. The Kier molecular flexibility index (Phi) is 4.61. The Morgan fingerprint density at radius 2 is 2.00 bits per heavy atom. The van der Waals surface area contributed by atoms with E-state index in [4.69, 9.17) is 22.1 Å². The third-order valence-corrected chi connectivity index (χ3v) is 3.57. The van der Waals surface area contributed by atoms with Gasteiger partial charge in [-0.1, -0.05) is 11.6 Å². The zero-order valence-corrected chi connectivity index (χ0v) is 12.2. The second kappa shape index (κ2) is 6.23. The number of nitrogens with zero attached hydrogens (tertiary/aromatic N) is 3. The summed E-state index contributed by atoms with van der Waals surface area (Å²) >= 11 is 6.10. The van der Waals surface area contributed by atoms with Crippen molar-refractivity contribution in [1.82, 2.24) is 9.97 Å². The predicted molar refractivity (Wildman–Crippen MR) is 75.0 cm³/mol. The Morgan fingerprint density at radius 3 is 2.55 bits per heavy atom. The molecule has 0 radical (unpaired) electrons. The van der Waals surface area contributed by atoms with Crippen LogP contribution in [-0.4, -0.2) is 49.4 Å². The maximum absolute atomic E-state index is 11.5. The second-order valence-electron chi connectivity index (χ2n) is 4.49.